The summed E-state index contributed by atoms with van der Waals surface area (Å²) in [6.45, 7) is 3.83. The second-order valence-corrected chi connectivity index (χ2v) is 12.2. The standard InChI is InChI=1S/C26H28N2O8S2/c1-19-7-11-21(12-8-19)15-17-37(31,32)27-35-25(29)23-5-3-4-6-24(23)26(30)36-28-38(33,34)18-16-22-13-9-20(2)10-14-22/h3-14,27-28H,15-18H2,1-2H3. The number of hydrogen-bond donors (Lipinski definition) is 2. The van der Waals surface area contributed by atoms with Gasteiger partial charge in [0.05, 0.1) is 22.6 Å². The van der Waals surface area contributed by atoms with Gasteiger partial charge in [-0.1, -0.05) is 71.8 Å². The summed E-state index contributed by atoms with van der Waals surface area (Å²) < 4.78 is 49.0. The van der Waals surface area contributed by atoms with E-state index in [2.05, 4.69) is 0 Å². The maximum absolute atomic E-state index is 12.5. The molecule has 0 amide bonds. The minimum absolute atomic E-state index is 0.195. The van der Waals surface area contributed by atoms with Crippen molar-refractivity contribution in [1.29, 1.82) is 0 Å². The Bertz CT molecular complexity index is 1370. The van der Waals surface area contributed by atoms with Gasteiger partial charge in [0, 0.05) is 0 Å². The van der Waals surface area contributed by atoms with Gasteiger partial charge in [0.2, 0.25) is 20.0 Å². The Morgan fingerprint density at radius 3 is 1.29 bits per heavy atom. The molecule has 0 saturated carbocycles. The lowest BCUT2D eigenvalue weighted by Crippen LogP contribution is -2.32. The molecule has 0 aromatic heterocycles. The lowest BCUT2D eigenvalue weighted by molar-refractivity contribution is 0.0361. The molecule has 0 aliphatic carbocycles. The van der Waals surface area contributed by atoms with Crippen LogP contribution < -0.4 is 9.77 Å². The van der Waals surface area contributed by atoms with E-state index in [0.717, 1.165) is 22.3 Å². The molecule has 0 unspecified atom stereocenters. The Labute approximate surface area is 222 Å². The second kappa shape index (κ2) is 12.8. The van der Waals surface area contributed by atoms with Gasteiger partial charge in [-0.2, -0.15) is 0 Å². The summed E-state index contributed by atoms with van der Waals surface area (Å²) in [7, 11) is -7.98. The van der Waals surface area contributed by atoms with Crippen molar-refractivity contribution in [2.75, 3.05) is 11.5 Å². The highest BCUT2D eigenvalue weighted by molar-refractivity contribution is 7.89. The second-order valence-electron chi connectivity index (χ2n) is 8.60. The number of aryl methyl sites for hydroxylation is 4. The van der Waals surface area contributed by atoms with Gasteiger partial charge in [-0.3, -0.25) is 0 Å². The van der Waals surface area contributed by atoms with E-state index in [1.165, 1.54) is 24.3 Å². The average molecular weight is 561 g/mol. The lowest BCUT2D eigenvalue weighted by Gasteiger charge is -2.11. The number of carbonyl (C=O) groups excluding carboxylic acids is 2. The predicted molar refractivity (Wildman–Crippen MR) is 141 cm³/mol. The smallest absolute Gasteiger partial charge is 0.351 e. The van der Waals surface area contributed by atoms with Crippen LogP contribution in [0.5, 0.6) is 0 Å². The predicted octanol–water partition coefficient (Wildman–Crippen LogP) is 2.77. The first-order valence-corrected chi connectivity index (χ1v) is 14.9. The van der Waals surface area contributed by atoms with Crippen molar-refractivity contribution in [2.45, 2.75) is 26.7 Å². The average Bonchev–Trinajstić information content (AvgIpc) is 2.90. The highest BCUT2D eigenvalue weighted by Crippen LogP contribution is 2.12. The molecule has 0 radical (unpaired) electrons. The summed E-state index contributed by atoms with van der Waals surface area (Å²) in [5.74, 6) is -3.01. The van der Waals surface area contributed by atoms with Crippen molar-refractivity contribution >= 4 is 32.0 Å². The minimum atomic E-state index is -3.99. The summed E-state index contributed by atoms with van der Waals surface area (Å²) in [6.07, 6.45) is 0.389. The zero-order chi connectivity index (χ0) is 27.8. The van der Waals surface area contributed by atoms with Gasteiger partial charge >= 0.3 is 11.9 Å². The molecule has 2 N–H and O–H groups in total. The van der Waals surface area contributed by atoms with Crippen molar-refractivity contribution in [2.24, 2.45) is 0 Å². The fourth-order valence-electron chi connectivity index (χ4n) is 3.25. The van der Waals surface area contributed by atoms with E-state index >= 15 is 0 Å². The summed E-state index contributed by atoms with van der Waals surface area (Å²) >= 11 is 0. The van der Waals surface area contributed by atoms with Crippen molar-refractivity contribution < 1.29 is 36.1 Å². The van der Waals surface area contributed by atoms with Crippen molar-refractivity contribution in [3.05, 3.63) is 106 Å². The molecule has 3 aromatic rings. The molecule has 10 nitrogen and oxygen atoms in total. The third kappa shape index (κ3) is 9.06. The molecule has 0 heterocycles. The highest BCUT2D eigenvalue weighted by Gasteiger charge is 2.23. The third-order valence-corrected chi connectivity index (χ3v) is 7.61. The molecule has 0 atom stereocenters. The lowest BCUT2D eigenvalue weighted by atomic mass is 10.1. The van der Waals surface area contributed by atoms with E-state index in [9.17, 15) is 26.4 Å². The van der Waals surface area contributed by atoms with E-state index in [-0.39, 0.29) is 35.5 Å². The van der Waals surface area contributed by atoms with Gasteiger partial charge in [-0.05, 0) is 59.7 Å². The van der Waals surface area contributed by atoms with E-state index in [1.807, 2.05) is 38.1 Å². The van der Waals surface area contributed by atoms with Gasteiger partial charge in [0.1, 0.15) is 0 Å². The van der Waals surface area contributed by atoms with Crippen LogP contribution in [0.25, 0.3) is 0 Å². The molecular formula is C26H28N2O8S2. The van der Waals surface area contributed by atoms with Crippen LogP contribution in [0.1, 0.15) is 43.0 Å². The number of rotatable bonds is 12. The quantitative estimate of drug-likeness (QED) is 0.322. The topological polar surface area (TPSA) is 145 Å². The molecule has 202 valence electrons. The van der Waals surface area contributed by atoms with Crippen LogP contribution in [-0.4, -0.2) is 40.3 Å². The van der Waals surface area contributed by atoms with Crippen LogP contribution in [-0.2, 0) is 42.6 Å². The fourth-order valence-corrected chi connectivity index (χ4v) is 4.83. The molecule has 38 heavy (non-hydrogen) atoms. The van der Waals surface area contributed by atoms with Gasteiger partial charge in [-0.15, -0.1) is 0 Å². The first-order chi connectivity index (χ1) is 17.9. The first-order valence-electron chi connectivity index (χ1n) is 11.6. The number of benzene rings is 3. The Hall–Kier alpha value is -3.58. The van der Waals surface area contributed by atoms with E-state index in [4.69, 9.17) is 9.68 Å². The molecule has 3 aromatic carbocycles. The Kier molecular flexibility index (Phi) is 9.75. The van der Waals surface area contributed by atoms with Crippen molar-refractivity contribution in [3.8, 4) is 0 Å². The van der Waals surface area contributed by atoms with Crippen LogP contribution in [0.4, 0.5) is 0 Å². The molecule has 0 aliphatic heterocycles. The zero-order valence-electron chi connectivity index (χ0n) is 20.8. The van der Waals surface area contributed by atoms with Crippen LogP contribution >= 0.6 is 0 Å². The van der Waals surface area contributed by atoms with E-state index < -0.39 is 32.0 Å². The fraction of sp³-hybridized carbons (Fsp3) is 0.231. The maximum atomic E-state index is 12.5. The molecule has 0 aliphatic rings. The molecule has 0 bridgehead atoms. The van der Waals surface area contributed by atoms with Gasteiger partial charge < -0.3 is 9.68 Å². The number of carbonyl (C=O) groups is 2. The van der Waals surface area contributed by atoms with E-state index in [1.54, 1.807) is 34.0 Å². The largest absolute Gasteiger partial charge is 0.358 e. The van der Waals surface area contributed by atoms with E-state index in [0.29, 0.717) is 0 Å². The number of nitrogens with one attached hydrogen (secondary N) is 2. The molecule has 0 spiro atoms. The van der Waals surface area contributed by atoms with Gasteiger partial charge in [0.25, 0.3) is 0 Å². The summed E-state index contributed by atoms with van der Waals surface area (Å²) in [5.41, 5.74) is 3.02. The van der Waals surface area contributed by atoms with Crippen LogP contribution in [0.3, 0.4) is 0 Å². The molecular weight excluding hydrogens is 532 g/mol. The Balaban J connectivity index is 1.55. The first kappa shape index (κ1) is 29.0. The van der Waals surface area contributed by atoms with Crippen molar-refractivity contribution in [1.82, 2.24) is 9.77 Å². The molecule has 12 heteroatoms. The minimum Gasteiger partial charge on any atom is -0.351 e. The molecule has 0 fully saturated rings. The summed E-state index contributed by atoms with van der Waals surface area (Å²) in [5, 5.41) is 0. The van der Waals surface area contributed by atoms with Crippen LogP contribution in [0.15, 0.2) is 72.8 Å². The monoisotopic (exact) mass is 560 g/mol. The third-order valence-electron chi connectivity index (χ3n) is 5.45. The van der Waals surface area contributed by atoms with Gasteiger partial charge in [-0.25, -0.2) is 26.4 Å². The maximum Gasteiger partial charge on any atom is 0.358 e. The molecule has 0 saturated heterocycles. The zero-order valence-corrected chi connectivity index (χ0v) is 22.5. The Morgan fingerprint density at radius 1 is 0.605 bits per heavy atom. The summed E-state index contributed by atoms with van der Waals surface area (Å²) in [4.78, 5) is 38.0. The summed E-state index contributed by atoms with van der Waals surface area (Å²) in [6, 6.07) is 19.9. The SMILES string of the molecule is Cc1ccc(CCS(=O)(=O)NOC(=O)c2ccccc2C(=O)ONS(=O)(=O)CCc2ccc(C)cc2)cc1. The van der Waals surface area contributed by atoms with Crippen LogP contribution in [0.2, 0.25) is 0 Å². The Morgan fingerprint density at radius 2 is 0.947 bits per heavy atom. The van der Waals surface area contributed by atoms with Crippen LogP contribution in [0, 0.1) is 13.8 Å². The van der Waals surface area contributed by atoms with Gasteiger partial charge in [0.15, 0.2) is 0 Å². The molecule has 3 rings (SSSR count). The number of hydrogen-bond acceptors (Lipinski definition) is 8. The highest BCUT2D eigenvalue weighted by atomic mass is 32.2. The number of sulfonamides is 2. The normalized spacial score (nSPS) is 11.6. The van der Waals surface area contributed by atoms with Crippen molar-refractivity contribution in [3.63, 3.8) is 0 Å².